The Morgan fingerprint density at radius 3 is 2.58 bits per heavy atom. The molecule has 6 heteroatoms. The van der Waals surface area contributed by atoms with Crippen molar-refractivity contribution in [2.75, 3.05) is 0 Å². The van der Waals surface area contributed by atoms with E-state index in [0.29, 0.717) is 12.4 Å². The van der Waals surface area contributed by atoms with Crippen molar-refractivity contribution in [1.29, 1.82) is 0 Å². The predicted molar refractivity (Wildman–Crippen MR) is 91.4 cm³/mol. The van der Waals surface area contributed by atoms with E-state index < -0.39 is 0 Å². The van der Waals surface area contributed by atoms with Crippen molar-refractivity contribution < 1.29 is 14.0 Å². The van der Waals surface area contributed by atoms with Crippen LogP contribution in [0.3, 0.4) is 0 Å². The summed E-state index contributed by atoms with van der Waals surface area (Å²) in [4.78, 5) is 30.8. The van der Waals surface area contributed by atoms with Crippen molar-refractivity contribution in [2.45, 2.75) is 78.4 Å². The monoisotopic (exact) mass is 335 g/mol. The van der Waals surface area contributed by atoms with Crippen molar-refractivity contribution in [3.8, 4) is 0 Å². The van der Waals surface area contributed by atoms with Crippen LogP contribution >= 0.6 is 0 Å². The van der Waals surface area contributed by atoms with Crippen LogP contribution in [0.5, 0.6) is 0 Å². The number of carbonyl (C=O) groups is 2. The highest BCUT2D eigenvalue weighted by atomic mass is 16.3. The van der Waals surface area contributed by atoms with Gasteiger partial charge in [0.1, 0.15) is 6.26 Å². The van der Waals surface area contributed by atoms with Crippen LogP contribution in [0.1, 0.15) is 76.2 Å². The lowest BCUT2D eigenvalue weighted by molar-refractivity contribution is -0.141. The molecule has 0 bridgehead atoms. The van der Waals surface area contributed by atoms with Gasteiger partial charge in [-0.25, -0.2) is 4.98 Å². The largest absolute Gasteiger partial charge is 0.446 e. The molecule has 2 atom stereocenters. The highest BCUT2D eigenvalue weighted by Crippen LogP contribution is 2.29. The van der Waals surface area contributed by atoms with Gasteiger partial charge in [0.05, 0.1) is 6.54 Å². The van der Waals surface area contributed by atoms with Crippen molar-refractivity contribution >= 4 is 11.8 Å². The summed E-state index contributed by atoms with van der Waals surface area (Å²) < 4.78 is 5.44. The van der Waals surface area contributed by atoms with Gasteiger partial charge in [0.2, 0.25) is 11.8 Å². The highest BCUT2D eigenvalue weighted by Gasteiger charge is 2.32. The Morgan fingerprint density at radius 1 is 1.33 bits per heavy atom. The number of carbonyl (C=O) groups excluding carboxylic acids is 2. The Morgan fingerprint density at radius 2 is 2.04 bits per heavy atom. The van der Waals surface area contributed by atoms with Gasteiger partial charge in [0.25, 0.3) is 5.91 Å². The summed E-state index contributed by atoms with van der Waals surface area (Å²) in [6, 6.07) is 0.219. The molecule has 0 radical (unpaired) electrons. The van der Waals surface area contributed by atoms with Crippen LogP contribution in [0.25, 0.3) is 0 Å². The summed E-state index contributed by atoms with van der Waals surface area (Å²) in [6.07, 6.45) is 6.17. The molecule has 1 fully saturated rings. The average molecular weight is 335 g/mol. The van der Waals surface area contributed by atoms with Crippen LogP contribution in [0.4, 0.5) is 0 Å². The van der Waals surface area contributed by atoms with Crippen LogP contribution in [0, 0.1) is 5.92 Å². The topological polar surface area (TPSA) is 75.4 Å². The molecule has 24 heavy (non-hydrogen) atoms. The minimum atomic E-state index is -0.236. The molecule has 2 unspecified atom stereocenters. The first-order chi connectivity index (χ1) is 11.5. The molecular formula is C18H29N3O3. The fourth-order valence-corrected chi connectivity index (χ4v) is 2.59. The average Bonchev–Trinajstić information content (AvgIpc) is 2.98. The smallest absolute Gasteiger partial charge is 0.273 e. The fourth-order valence-electron chi connectivity index (χ4n) is 2.59. The third kappa shape index (κ3) is 4.36. The molecule has 1 heterocycles. The van der Waals surface area contributed by atoms with E-state index in [0.717, 1.165) is 32.1 Å². The molecule has 1 N–H and O–H groups in total. The van der Waals surface area contributed by atoms with E-state index in [9.17, 15) is 9.59 Å². The number of hydrogen-bond donors (Lipinski definition) is 1. The van der Waals surface area contributed by atoms with Gasteiger partial charge >= 0.3 is 0 Å². The second-order valence-corrected chi connectivity index (χ2v) is 6.76. The Balaban J connectivity index is 2.04. The van der Waals surface area contributed by atoms with Crippen LogP contribution in [-0.4, -0.2) is 33.8 Å². The fraction of sp³-hybridized carbons (Fsp3) is 0.722. The molecule has 0 aliphatic heterocycles. The zero-order valence-corrected chi connectivity index (χ0v) is 15.2. The number of rotatable bonds is 8. The first kappa shape index (κ1) is 18.5. The third-order valence-corrected chi connectivity index (χ3v) is 4.94. The maximum Gasteiger partial charge on any atom is 0.273 e. The number of amides is 2. The van der Waals surface area contributed by atoms with Crippen molar-refractivity contribution in [1.82, 2.24) is 15.2 Å². The Bertz CT molecular complexity index is 566. The van der Waals surface area contributed by atoms with E-state index in [1.165, 1.54) is 6.26 Å². The predicted octanol–water partition coefficient (Wildman–Crippen LogP) is 3.13. The Hall–Kier alpha value is -1.85. The number of nitrogens with zero attached hydrogens (tertiary/aromatic N) is 2. The Kier molecular flexibility index (Phi) is 6.40. The van der Waals surface area contributed by atoms with Crippen molar-refractivity contribution in [3.63, 3.8) is 0 Å². The standard InChI is InChI=1S/C18H29N3O3/c1-5-12(3)19-17(22)15-11-24-16(20-15)10-21(13(4)6-2)18(23)14-8-7-9-14/h11-14H,5-10H2,1-4H3,(H,19,22). The Labute approximate surface area is 144 Å². The van der Waals surface area contributed by atoms with Crippen LogP contribution in [0.2, 0.25) is 0 Å². The zero-order chi connectivity index (χ0) is 17.7. The number of hydrogen-bond acceptors (Lipinski definition) is 4. The molecule has 1 aliphatic carbocycles. The van der Waals surface area contributed by atoms with Crippen LogP contribution in [0.15, 0.2) is 10.7 Å². The SMILES string of the molecule is CCC(C)NC(=O)c1coc(CN(C(=O)C2CCC2)C(C)CC)n1. The van der Waals surface area contributed by atoms with Gasteiger partial charge < -0.3 is 14.6 Å². The molecule has 0 saturated heterocycles. The van der Waals surface area contributed by atoms with E-state index >= 15 is 0 Å². The van der Waals surface area contributed by atoms with E-state index in [4.69, 9.17) is 4.42 Å². The van der Waals surface area contributed by atoms with Crippen LogP contribution in [-0.2, 0) is 11.3 Å². The van der Waals surface area contributed by atoms with Gasteiger partial charge in [0, 0.05) is 18.0 Å². The lowest BCUT2D eigenvalue weighted by atomic mass is 9.84. The molecule has 0 aromatic carbocycles. The van der Waals surface area contributed by atoms with E-state index in [1.807, 2.05) is 25.7 Å². The van der Waals surface area contributed by atoms with Gasteiger partial charge in [-0.3, -0.25) is 9.59 Å². The normalized spacial score (nSPS) is 17.0. The zero-order valence-electron chi connectivity index (χ0n) is 15.2. The number of aromatic nitrogens is 1. The van der Waals surface area contributed by atoms with Crippen LogP contribution < -0.4 is 5.32 Å². The van der Waals surface area contributed by atoms with Crippen molar-refractivity contribution in [2.24, 2.45) is 5.92 Å². The second-order valence-electron chi connectivity index (χ2n) is 6.76. The summed E-state index contributed by atoms with van der Waals surface area (Å²) in [5.41, 5.74) is 0.269. The minimum Gasteiger partial charge on any atom is -0.446 e. The molecule has 0 spiro atoms. The van der Waals surface area contributed by atoms with Gasteiger partial charge in [-0.15, -0.1) is 0 Å². The summed E-state index contributed by atoms with van der Waals surface area (Å²) in [6.45, 7) is 8.37. The summed E-state index contributed by atoms with van der Waals surface area (Å²) in [7, 11) is 0. The van der Waals surface area contributed by atoms with Gasteiger partial charge in [0.15, 0.2) is 5.69 Å². The second kappa shape index (κ2) is 8.31. The number of nitrogens with one attached hydrogen (secondary N) is 1. The lowest BCUT2D eigenvalue weighted by Crippen LogP contribution is -2.43. The molecule has 2 rings (SSSR count). The summed E-state index contributed by atoms with van der Waals surface area (Å²) in [5.74, 6) is 0.499. The molecule has 1 aliphatic rings. The molecule has 134 valence electrons. The number of oxazole rings is 1. The van der Waals surface area contributed by atoms with Gasteiger partial charge in [-0.1, -0.05) is 20.3 Å². The van der Waals surface area contributed by atoms with E-state index in [-0.39, 0.29) is 35.5 Å². The molecule has 6 nitrogen and oxygen atoms in total. The van der Waals surface area contributed by atoms with E-state index in [1.54, 1.807) is 0 Å². The summed E-state index contributed by atoms with van der Waals surface area (Å²) in [5, 5.41) is 2.86. The molecule has 1 saturated carbocycles. The van der Waals surface area contributed by atoms with E-state index in [2.05, 4.69) is 17.2 Å². The van der Waals surface area contributed by atoms with Gasteiger partial charge in [-0.05, 0) is 39.5 Å². The molecule has 1 aromatic heterocycles. The first-order valence-corrected chi connectivity index (χ1v) is 9.01. The maximum absolute atomic E-state index is 12.6. The third-order valence-electron chi connectivity index (χ3n) is 4.94. The lowest BCUT2D eigenvalue weighted by Gasteiger charge is -2.34. The quantitative estimate of drug-likeness (QED) is 0.792. The maximum atomic E-state index is 12.6. The minimum absolute atomic E-state index is 0.0921. The molecular weight excluding hydrogens is 306 g/mol. The summed E-state index contributed by atoms with van der Waals surface area (Å²) >= 11 is 0. The highest BCUT2D eigenvalue weighted by molar-refractivity contribution is 5.92. The molecule has 2 amide bonds. The van der Waals surface area contributed by atoms with Gasteiger partial charge in [-0.2, -0.15) is 0 Å². The molecule has 1 aromatic rings. The first-order valence-electron chi connectivity index (χ1n) is 9.01. The van der Waals surface area contributed by atoms with Crippen molar-refractivity contribution in [3.05, 3.63) is 17.8 Å².